The van der Waals surface area contributed by atoms with Gasteiger partial charge < -0.3 is 5.32 Å². The molecule has 0 fully saturated rings. The molecule has 1 nitrogen and oxygen atoms in total. The molecule has 0 spiro atoms. The molecule has 15 heavy (non-hydrogen) atoms. The zero-order chi connectivity index (χ0) is 11.3. The molecule has 0 heterocycles. The van der Waals surface area contributed by atoms with E-state index >= 15 is 0 Å². The maximum Gasteiger partial charge on any atom is 0.0544 e. The Morgan fingerprint density at radius 2 is 2.13 bits per heavy atom. The van der Waals surface area contributed by atoms with Crippen LogP contribution in [0.5, 0.6) is 0 Å². The van der Waals surface area contributed by atoms with Crippen molar-refractivity contribution in [2.45, 2.75) is 25.3 Å². The lowest BCUT2D eigenvalue weighted by Crippen LogP contribution is -2.18. The van der Waals surface area contributed by atoms with Crippen molar-refractivity contribution in [3.05, 3.63) is 28.8 Å². The summed E-state index contributed by atoms with van der Waals surface area (Å²) in [5.74, 6) is 0.686. The first kappa shape index (κ1) is 12.9. The molecule has 1 rings (SSSR count). The summed E-state index contributed by atoms with van der Waals surface area (Å²) in [6.45, 7) is 6.35. The van der Waals surface area contributed by atoms with Crippen LogP contribution in [0.15, 0.2) is 23.1 Å². The fourth-order valence-corrected chi connectivity index (χ4v) is 2.22. The largest absolute Gasteiger partial charge is 0.312 e. The SMILES string of the molecule is CSc1ccc(CNCC(C)C)cc1Cl. The highest BCUT2D eigenvalue weighted by Crippen LogP contribution is 2.25. The molecular weight excluding hydrogens is 226 g/mol. The molecular formula is C12H18ClNS. The topological polar surface area (TPSA) is 12.0 Å². The van der Waals surface area contributed by atoms with Gasteiger partial charge in [-0.15, -0.1) is 11.8 Å². The zero-order valence-electron chi connectivity index (χ0n) is 9.51. The van der Waals surface area contributed by atoms with Gasteiger partial charge in [0, 0.05) is 11.4 Å². The van der Waals surface area contributed by atoms with E-state index in [2.05, 4.69) is 31.3 Å². The Hall–Kier alpha value is -0.180. The van der Waals surface area contributed by atoms with Gasteiger partial charge in [-0.1, -0.05) is 31.5 Å². The Morgan fingerprint density at radius 3 is 2.67 bits per heavy atom. The van der Waals surface area contributed by atoms with Crippen LogP contribution in [0.2, 0.25) is 5.02 Å². The Morgan fingerprint density at radius 1 is 1.40 bits per heavy atom. The minimum atomic E-state index is 0.686. The fraction of sp³-hybridized carbons (Fsp3) is 0.500. The van der Waals surface area contributed by atoms with Gasteiger partial charge in [0.15, 0.2) is 0 Å². The molecule has 1 aromatic rings. The van der Waals surface area contributed by atoms with Crippen LogP contribution < -0.4 is 5.32 Å². The second-order valence-electron chi connectivity index (χ2n) is 3.99. The molecule has 0 aliphatic carbocycles. The monoisotopic (exact) mass is 243 g/mol. The molecule has 0 saturated carbocycles. The van der Waals surface area contributed by atoms with Crippen molar-refractivity contribution in [2.24, 2.45) is 5.92 Å². The first-order valence-electron chi connectivity index (χ1n) is 5.16. The highest BCUT2D eigenvalue weighted by Gasteiger charge is 2.00. The summed E-state index contributed by atoms with van der Waals surface area (Å²) >= 11 is 7.80. The standard InChI is InChI=1S/C12H18ClNS/c1-9(2)7-14-8-10-4-5-12(15-3)11(13)6-10/h4-6,9,14H,7-8H2,1-3H3. The molecule has 0 amide bonds. The summed E-state index contributed by atoms with van der Waals surface area (Å²) in [7, 11) is 0. The van der Waals surface area contributed by atoms with Crippen molar-refractivity contribution in [1.82, 2.24) is 5.32 Å². The number of benzene rings is 1. The van der Waals surface area contributed by atoms with E-state index in [9.17, 15) is 0 Å². The van der Waals surface area contributed by atoms with Gasteiger partial charge in [0.1, 0.15) is 0 Å². The third kappa shape index (κ3) is 4.45. The lowest BCUT2D eigenvalue weighted by Gasteiger charge is -2.08. The Labute approximate surface area is 102 Å². The van der Waals surface area contributed by atoms with Crippen molar-refractivity contribution in [3.8, 4) is 0 Å². The number of hydrogen-bond donors (Lipinski definition) is 1. The minimum Gasteiger partial charge on any atom is -0.312 e. The van der Waals surface area contributed by atoms with Crippen LogP contribution in [-0.4, -0.2) is 12.8 Å². The molecule has 1 aromatic carbocycles. The summed E-state index contributed by atoms with van der Waals surface area (Å²) in [5.41, 5.74) is 1.25. The van der Waals surface area contributed by atoms with Crippen LogP contribution in [0, 0.1) is 5.92 Å². The van der Waals surface area contributed by atoms with Gasteiger partial charge in [-0.2, -0.15) is 0 Å². The van der Waals surface area contributed by atoms with Crippen LogP contribution >= 0.6 is 23.4 Å². The van der Waals surface area contributed by atoms with Crippen molar-refractivity contribution >= 4 is 23.4 Å². The maximum absolute atomic E-state index is 6.12. The molecule has 0 radical (unpaired) electrons. The molecule has 0 aliphatic heterocycles. The second-order valence-corrected chi connectivity index (χ2v) is 5.25. The molecule has 3 heteroatoms. The van der Waals surface area contributed by atoms with E-state index < -0.39 is 0 Å². The third-order valence-electron chi connectivity index (χ3n) is 2.10. The predicted octanol–water partition coefficient (Wildman–Crippen LogP) is 3.81. The van der Waals surface area contributed by atoms with Gasteiger partial charge in [-0.25, -0.2) is 0 Å². The smallest absolute Gasteiger partial charge is 0.0544 e. The summed E-state index contributed by atoms with van der Waals surface area (Å²) in [6, 6.07) is 6.26. The first-order chi connectivity index (χ1) is 7.13. The Balaban J connectivity index is 2.52. The average Bonchev–Trinajstić information content (AvgIpc) is 2.17. The van der Waals surface area contributed by atoms with Crippen LogP contribution in [0.3, 0.4) is 0 Å². The number of nitrogens with one attached hydrogen (secondary N) is 1. The maximum atomic E-state index is 6.12. The minimum absolute atomic E-state index is 0.686. The van der Waals surface area contributed by atoms with Crippen molar-refractivity contribution in [2.75, 3.05) is 12.8 Å². The van der Waals surface area contributed by atoms with E-state index in [-0.39, 0.29) is 0 Å². The van der Waals surface area contributed by atoms with Crippen molar-refractivity contribution in [1.29, 1.82) is 0 Å². The van der Waals surface area contributed by atoms with Crippen LogP contribution in [0.1, 0.15) is 19.4 Å². The van der Waals surface area contributed by atoms with E-state index in [0.29, 0.717) is 5.92 Å². The Kier molecular flexibility index (Phi) is 5.51. The Bertz CT molecular complexity index is 312. The van der Waals surface area contributed by atoms with Gasteiger partial charge in [0.05, 0.1) is 5.02 Å². The molecule has 0 aliphatic rings. The van der Waals surface area contributed by atoms with Crippen LogP contribution in [0.4, 0.5) is 0 Å². The first-order valence-corrected chi connectivity index (χ1v) is 6.77. The molecule has 0 aromatic heterocycles. The molecule has 0 unspecified atom stereocenters. The quantitative estimate of drug-likeness (QED) is 0.790. The summed E-state index contributed by atoms with van der Waals surface area (Å²) in [6.07, 6.45) is 2.04. The number of rotatable bonds is 5. The second kappa shape index (κ2) is 6.41. The average molecular weight is 244 g/mol. The summed E-state index contributed by atoms with van der Waals surface area (Å²) in [4.78, 5) is 1.14. The van der Waals surface area contributed by atoms with Crippen molar-refractivity contribution < 1.29 is 0 Å². The van der Waals surface area contributed by atoms with Crippen molar-refractivity contribution in [3.63, 3.8) is 0 Å². The molecule has 0 bridgehead atoms. The van der Waals surface area contributed by atoms with Crippen LogP contribution in [0.25, 0.3) is 0 Å². The third-order valence-corrected chi connectivity index (χ3v) is 3.32. The summed E-state index contributed by atoms with van der Waals surface area (Å²) in [5, 5.41) is 4.25. The molecule has 0 saturated heterocycles. The lowest BCUT2D eigenvalue weighted by molar-refractivity contribution is 0.552. The van der Waals surface area contributed by atoms with E-state index in [1.165, 1.54) is 5.56 Å². The lowest BCUT2D eigenvalue weighted by atomic mass is 10.2. The number of halogens is 1. The van der Waals surface area contributed by atoms with Gasteiger partial charge in [-0.05, 0) is 36.4 Å². The zero-order valence-corrected chi connectivity index (χ0v) is 11.1. The van der Waals surface area contributed by atoms with Gasteiger partial charge in [-0.3, -0.25) is 0 Å². The number of thioether (sulfide) groups is 1. The highest BCUT2D eigenvalue weighted by molar-refractivity contribution is 7.98. The highest BCUT2D eigenvalue weighted by atomic mass is 35.5. The van der Waals surface area contributed by atoms with E-state index in [1.807, 2.05) is 12.3 Å². The molecule has 1 N–H and O–H groups in total. The molecule has 84 valence electrons. The van der Waals surface area contributed by atoms with E-state index in [4.69, 9.17) is 11.6 Å². The number of hydrogen-bond acceptors (Lipinski definition) is 2. The normalized spacial score (nSPS) is 11.0. The van der Waals surface area contributed by atoms with E-state index in [1.54, 1.807) is 11.8 Å². The van der Waals surface area contributed by atoms with Crippen LogP contribution in [-0.2, 0) is 6.54 Å². The van der Waals surface area contributed by atoms with Gasteiger partial charge in [0.25, 0.3) is 0 Å². The predicted molar refractivity (Wildman–Crippen MR) is 69.8 cm³/mol. The van der Waals surface area contributed by atoms with Gasteiger partial charge >= 0.3 is 0 Å². The van der Waals surface area contributed by atoms with E-state index in [0.717, 1.165) is 23.0 Å². The summed E-state index contributed by atoms with van der Waals surface area (Å²) < 4.78 is 0. The molecule has 0 atom stereocenters. The van der Waals surface area contributed by atoms with Gasteiger partial charge in [0.2, 0.25) is 0 Å². The fourth-order valence-electron chi connectivity index (χ4n) is 1.33.